The molecule has 0 spiro atoms. The van der Waals surface area contributed by atoms with E-state index in [9.17, 15) is 29.1 Å². The third kappa shape index (κ3) is 16.1. The lowest BCUT2D eigenvalue weighted by Gasteiger charge is -2.64. The van der Waals surface area contributed by atoms with Crippen molar-refractivity contribution >= 4 is 36.3 Å². The van der Waals surface area contributed by atoms with Crippen LogP contribution in [0.5, 0.6) is 0 Å². The smallest absolute Gasteiger partial charge is 0.405 e. The standard InChI is InChI=1S/C48H87BN4O8/c1-8-9-10-11-12-13-14-15-16-17-18-24-38(55)30-36(23-19-21-26-50)46(59)53-44(35(4)54)41(57)28-33(2)45(58)52-39(25-20-22-27-51)40(56)29-34(3)49-60-43-32-37-31-42(47(37,5)6)48(43,7)61-49/h33-37,39,42-44,54H,8-32,50-51H2,1-7H3,(H,52,58)(H,53,59)/t33-,34-,35-,36-,37+,39+,42+,43-,44+,48+/m1/s1. The van der Waals surface area contributed by atoms with Crippen LogP contribution >= 0.6 is 0 Å². The minimum Gasteiger partial charge on any atom is -0.405 e. The van der Waals surface area contributed by atoms with Crippen molar-refractivity contribution in [3.8, 4) is 0 Å². The number of nitrogens with one attached hydrogen (secondary N) is 2. The predicted octanol–water partition coefficient (Wildman–Crippen LogP) is 7.54. The van der Waals surface area contributed by atoms with Crippen molar-refractivity contribution in [3.63, 3.8) is 0 Å². The first-order valence-electron chi connectivity index (χ1n) is 24.6. The van der Waals surface area contributed by atoms with Crippen LogP contribution in [-0.4, -0.2) is 84.4 Å². The van der Waals surface area contributed by atoms with Gasteiger partial charge in [-0.05, 0) is 101 Å². The number of Topliss-reactive ketones (excluding diaryl/α,β-unsaturated/α-hetero) is 3. The van der Waals surface area contributed by atoms with E-state index >= 15 is 0 Å². The Morgan fingerprint density at radius 3 is 1.89 bits per heavy atom. The number of unbranched alkanes of at least 4 members (excludes halogenated alkanes) is 12. The van der Waals surface area contributed by atoms with Gasteiger partial charge in [0.1, 0.15) is 11.8 Å². The molecule has 3 saturated carbocycles. The summed E-state index contributed by atoms with van der Waals surface area (Å²) in [6.07, 6.45) is 17.9. The molecule has 1 aliphatic heterocycles. The summed E-state index contributed by atoms with van der Waals surface area (Å²) in [5.41, 5.74) is 11.3. The molecular weight excluding hydrogens is 771 g/mol. The highest BCUT2D eigenvalue weighted by molar-refractivity contribution is 6.47. The average molecular weight is 859 g/mol. The maximum absolute atomic E-state index is 13.8. The van der Waals surface area contributed by atoms with Gasteiger partial charge in [-0.3, -0.25) is 24.0 Å². The molecule has 0 aromatic rings. The minimum absolute atomic E-state index is 0.00844. The molecule has 10 atom stereocenters. The Balaban J connectivity index is 1.51. The molecule has 12 nitrogen and oxygen atoms in total. The van der Waals surface area contributed by atoms with Crippen LogP contribution in [0.2, 0.25) is 5.82 Å². The maximum Gasteiger partial charge on any atom is 0.461 e. The van der Waals surface area contributed by atoms with Crippen LogP contribution in [0.25, 0.3) is 0 Å². The molecule has 2 amide bonds. The molecule has 4 fully saturated rings. The summed E-state index contributed by atoms with van der Waals surface area (Å²) in [6.45, 7) is 14.9. The predicted molar refractivity (Wildman–Crippen MR) is 243 cm³/mol. The van der Waals surface area contributed by atoms with Crippen LogP contribution in [0.4, 0.5) is 0 Å². The average Bonchev–Trinajstić information content (AvgIpc) is 3.58. The molecule has 1 saturated heterocycles. The molecule has 3 aliphatic carbocycles. The topological polar surface area (TPSA) is 200 Å². The van der Waals surface area contributed by atoms with E-state index in [-0.39, 0.29) is 53.8 Å². The molecule has 4 rings (SSSR count). The van der Waals surface area contributed by atoms with Gasteiger partial charge in [0.25, 0.3) is 0 Å². The number of carbonyl (C=O) groups is 5. The zero-order valence-electron chi connectivity index (χ0n) is 39.4. The monoisotopic (exact) mass is 859 g/mol. The van der Waals surface area contributed by atoms with E-state index in [4.69, 9.17) is 20.8 Å². The molecule has 0 unspecified atom stereocenters. The van der Waals surface area contributed by atoms with Gasteiger partial charge in [-0.1, -0.05) is 105 Å². The van der Waals surface area contributed by atoms with Gasteiger partial charge in [-0.15, -0.1) is 0 Å². The quantitative estimate of drug-likeness (QED) is 0.0318. The Kier molecular flexibility index (Phi) is 23.1. The third-order valence-corrected chi connectivity index (χ3v) is 14.6. The van der Waals surface area contributed by atoms with Crippen molar-refractivity contribution in [2.24, 2.45) is 40.6 Å². The van der Waals surface area contributed by atoms with Gasteiger partial charge in [0.05, 0.1) is 23.9 Å². The van der Waals surface area contributed by atoms with Crippen LogP contribution < -0.4 is 22.1 Å². The fourth-order valence-corrected chi connectivity index (χ4v) is 10.3. The van der Waals surface area contributed by atoms with Gasteiger partial charge in [0.2, 0.25) is 11.8 Å². The molecule has 1 heterocycles. The number of nitrogens with two attached hydrogens (primary N) is 2. The SMILES string of the molecule is CCCCCCCCCCCCCC(=O)C[C@@H](CCCCN)C(=O)N[C@H](C(=O)C[C@@H](C)C(=O)N[C@@H](CCCCN)C(=O)C[C@@H](C)B1O[C@@H]2C[C@@H]3C[C@@H](C3(C)C)[C@]2(C)O1)[C@@H](C)O. The molecule has 0 aromatic carbocycles. The molecular formula is C48H87BN4O8. The van der Waals surface area contributed by atoms with E-state index in [2.05, 4.69) is 38.3 Å². The maximum atomic E-state index is 13.8. The van der Waals surface area contributed by atoms with Crippen LogP contribution in [0.15, 0.2) is 0 Å². The van der Waals surface area contributed by atoms with Crippen molar-refractivity contribution in [2.75, 3.05) is 13.1 Å². The summed E-state index contributed by atoms with van der Waals surface area (Å²) in [5.74, 6) is -2.18. The van der Waals surface area contributed by atoms with E-state index < -0.39 is 54.7 Å². The molecule has 2 bridgehead atoms. The number of carbonyl (C=O) groups excluding carboxylic acids is 5. The third-order valence-electron chi connectivity index (χ3n) is 14.6. The molecule has 0 aromatic heterocycles. The van der Waals surface area contributed by atoms with Crippen LogP contribution in [0.1, 0.15) is 196 Å². The van der Waals surface area contributed by atoms with Crippen LogP contribution in [-0.2, 0) is 33.3 Å². The molecule has 61 heavy (non-hydrogen) atoms. The number of hydrogen-bond acceptors (Lipinski definition) is 10. The fraction of sp³-hybridized carbons (Fsp3) is 0.896. The van der Waals surface area contributed by atoms with E-state index in [1.54, 1.807) is 6.92 Å². The Hall–Kier alpha value is -2.19. The first kappa shape index (κ1) is 53.2. The van der Waals surface area contributed by atoms with Gasteiger partial charge in [-0.2, -0.15) is 0 Å². The van der Waals surface area contributed by atoms with E-state index in [0.29, 0.717) is 69.9 Å². The second-order valence-electron chi connectivity index (χ2n) is 20.1. The summed E-state index contributed by atoms with van der Waals surface area (Å²) in [6, 6.07) is -2.02. The lowest BCUT2D eigenvalue weighted by atomic mass is 9.43. The zero-order chi connectivity index (χ0) is 45.2. The van der Waals surface area contributed by atoms with Gasteiger partial charge < -0.3 is 36.5 Å². The second-order valence-corrected chi connectivity index (χ2v) is 20.1. The highest BCUT2D eigenvalue weighted by Gasteiger charge is 2.68. The Morgan fingerprint density at radius 2 is 1.31 bits per heavy atom. The highest BCUT2D eigenvalue weighted by Crippen LogP contribution is 2.66. The summed E-state index contributed by atoms with van der Waals surface area (Å²) in [4.78, 5) is 67.8. The summed E-state index contributed by atoms with van der Waals surface area (Å²) >= 11 is 0. The molecule has 4 aliphatic rings. The van der Waals surface area contributed by atoms with E-state index in [1.807, 2.05) is 6.92 Å². The zero-order valence-corrected chi connectivity index (χ0v) is 39.4. The van der Waals surface area contributed by atoms with Gasteiger partial charge in [0, 0.05) is 37.5 Å². The normalized spacial score (nSPS) is 24.4. The lowest BCUT2D eigenvalue weighted by Crippen LogP contribution is -2.65. The number of amides is 2. The van der Waals surface area contributed by atoms with Crippen molar-refractivity contribution in [1.82, 2.24) is 10.6 Å². The van der Waals surface area contributed by atoms with Crippen molar-refractivity contribution in [3.05, 3.63) is 0 Å². The summed E-state index contributed by atoms with van der Waals surface area (Å²) in [7, 11) is -0.508. The van der Waals surface area contributed by atoms with Crippen molar-refractivity contribution in [1.29, 1.82) is 0 Å². The minimum atomic E-state index is -1.25. The molecule has 0 radical (unpaired) electrons. The van der Waals surface area contributed by atoms with Crippen molar-refractivity contribution in [2.45, 2.75) is 232 Å². The number of aliphatic hydroxyl groups excluding tert-OH is 1. The summed E-state index contributed by atoms with van der Waals surface area (Å²) in [5, 5.41) is 16.3. The lowest BCUT2D eigenvalue weighted by molar-refractivity contribution is -0.199. The highest BCUT2D eigenvalue weighted by atomic mass is 16.7. The molecule has 350 valence electrons. The van der Waals surface area contributed by atoms with Crippen LogP contribution in [0.3, 0.4) is 0 Å². The molecule has 7 N–H and O–H groups in total. The number of hydrogen-bond donors (Lipinski definition) is 5. The summed E-state index contributed by atoms with van der Waals surface area (Å²) < 4.78 is 13.1. The molecule has 13 heteroatoms. The van der Waals surface area contributed by atoms with Crippen LogP contribution in [0, 0.1) is 29.1 Å². The van der Waals surface area contributed by atoms with Gasteiger partial charge >= 0.3 is 7.12 Å². The van der Waals surface area contributed by atoms with E-state index in [1.165, 1.54) is 58.3 Å². The number of aliphatic hydroxyl groups is 1. The van der Waals surface area contributed by atoms with Gasteiger partial charge in [0.15, 0.2) is 11.6 Å². The largest absolute Gasteiger partial charge is 0.461 e. The first-order chi connectivity index (χ1) is 29.0. The number of ketones is 3. The Labute approximate surface area is 369 Å². The Morgan fingerprint density at radius 1 is 0.721 bits per heavy atom. The van der Waals surface area contributed by atoms with Gasteiger partial charge in [-0.25, -0.2) is 0 Å². The fourth-order valence-electron chi connectivity index (χ4n) is 10.3. The Bertz CT molecular complexity index is 1380. The second kappa shape index (κ2) is 26.6. The van der Waals surface area contributed by atoms with E-state index in [0.717, 1.165) is 32.1 Å². The van der Waals surface area contributed by atoms with Crippen molar-refractivity contribution < 1.29 is 38.4 Å². The first-order valence-corrected chi connectivity index (χ1v) is 24.6. The number of rotatable bonds is 34.